The van der Waals surface area contributed by atoms with Gasteiger partial charge in [0.15, 0.2) is 0 Å². The van der Waals surface area contributed by atoms with Crippen LogP contribution in [0.4, 0.5) is 10.2 Å². The molecule has 0 aliphatic rings. The summed E-state index contributed by atoms with van der Waals surface area (Å²) in [5, 5.41) is 7.30. The summed E-state index contributed by atoms with van der Waals surface area (Å²) in [5.41, 5.74) is 2.72. The minimum Gasteiger partial charge on any atom is -0.333 e. The summed E-state index contributed by atoms with van der Waals surface area (Å²) in [6.45, 7) is 3.51. The third kappa shape index (κ3) is 5.55. The molecule has 0 aliphatic heterocycles. The molecule has 0 fully saturated rings. The van der Waals surface area contributed by atoms with Crippen molar-refractivity contribution in [1.82, 2.24) is 19.7 Å². The summed E-state index contributed by atoms with van der Waals surface area (Å²) in [7, 11) is 1.52. The van der Waals surface area contributed by atoms with Crippen molar-refractivity contribution in [3.05, 3.63) is 76.5 Å². The van der Waals surface area contributed by atoms with Crippen molar-refractivity contribution in [2.75, 3.05) is 18.9 Å². The number of hydrogen-bond donors (Lipinski definition) is 1. The molecular formula is C22H21ClFN5O2. The molecule has 2 amide bonds. The summed E-state index contributed by atoms with van der Waals surface area (Å²) in [5.74, 6) is -0.672. The van der Waals surface area contributed by atoms with Crippen molar-refractivity contribution < 1.29 is 14.0 Å². The highest BCUT2D eigenvalue weighted by Gasteiger charge is 2.15. The van der Waals surface area contributed by atoms with Gasteiger partial charge in [0, 0.05) is 24.9 Å². The smallest absolute Gasteiger partial charge is 0.246 e. The number of likely N-dealkylation sites (N-methyl/N-ethyl adjacent to an activating group) is 1. The average molecular weight is 442 g/mol. The second-order valence-electron chi connectivity index (χ2n) is 6.97. The number of nitrogens with zero attached hydrogens (tertiary/aromatic N) is 4. The topological polar surface area (TPSA) is 80.1 Å². The lowest BCUT2D eigenvalue weighted by Crippen LogP contribution is -2.34. The molecule has 1 aromatic carbocycles. The van der Waals surface area contributed by atoms with Gasteiger partial charge in [0.2, 0.25) is 11.8 Å². The maximum Gasteiger partial charge on any atom is 0.246 e. The van der Waals surface area contributed by atoms with Crippen LogP contribution in [0.25, 0.3) is 11.8 Å². The molecule has 2 aromatic heterocycles. The van der Waals surface area contributed by atoms with Crippen LogP contribution < -0.4 is 5.32 Å². The van der Waals surface area contributed by atoms with Crippen LogP contribution in [0.1, 0.15) is 16.8 Å². The van der Waals surface area contributed by atoms with Crippen molar-refractivity contribution in [3.63, 3.8) is 0 Å². The minimum absolute atomic E-state index is 0.139. The number of carbonyl (C=O) groups excluding carboxylic acids is 2. The van der Waals surface area contributed by atoms with Crippen LogP contribution in [-0.2, 0) is 9.59 Å². The largest absolute Gasteiger partial charge is 0.333 e. The monoisotopic (exact) mass is 441 g/mol. The SMILES string of the molecule is Cc1ccnc(NC(=O)CN(C)C(=O)/C=C/c2c(C)nn(-c3ccc(F)cc3)c2Cl)c1. The molecule has 7 nitrogen and oxygen atoms in total. The molecule has 9 heteroatoms. The number of halogens is 2. The molecule has 3 rings (SSSR count). The van der Waals surface area contributed by atoms with Gasteiger partial charge in [0.1, 0.15) is 16.8 Å². The summed E-state index contributed by atoms with van der Waals surface area (Å²) in [6.07, 6.45) is 4.47. The van der Waals surface area contributed by atoms with E-state index in [1.807, 2.05) is 13.0 Å². The van der Waals surface area contributed by atoms with Crippen molar-refractivity contribution >= 4 is 35.3 Å². The highest BCUT2D eigenvalue weighted by atomic mass is 35.5. The first-order valence-electron chi connectivity index (χ1n) is 9.41. The Balaban J connectivity index is 1.66. The van der Waals surface area contributed by atoms with Crippen LogP contribution in [0.3, 0.4) is 0 Å². The van der Waals surface area contributed by atoms with Gasteiger partial charge in [0.25, 0.3) is 0 Å². The molecule has 160 valence electrons. The summed E-state index contributed by atoms with van der Waals surface area (Å²) in [4.78, 5) is 29.9. The summed E-state index contributed by atoms with van der Waals surface area (Å²) < 4.78 is 14.6. The molecule has 2 heterocycles. The molecule has 0 bridgehead atoms. The number of benzene rings is 1. The van der Waals surface area contributed by atoms with E-state index in [1.165, 1.54) is 34.8 Å². The fourth-order valence-electron chi connectivity index (χ4n) is 2.82. The first-order valence-corrected chi connectivity index (χ1v) is 9.79. The van der Waals surface area contributed by atoms with Crippen LogP contribution in [0.15, 0.2) is 48.7 Å². The lowest BCUT2D eigenvalue weighted by atomic mass is 10.2. The van der Waals surface area contributed by atoms with E-state index in [0.717, 1.165) is 5.56 Å². The third-order valence-electron chi connectivity index (χ3n) is 4.45. The molecule has 0 radical (unpaired) electrons. The number of hydrogen-bond acceptors (Lipinski definition) is 4. The first-order chi connectivity index (χ1) is 14.7. The van der Waals surface area contributed by atoms with Crippen LogP contribution in [-0.4, -0.2) is 45.1 Å². The lowest BCUT2D eigenvalue weighted by Gasteiger charge is -2.14. The van der Waals surface area contributed by atoms with Gasteiger partial charge in [-0.2, -0.15) is 5.10 Å². The molecular weight excluding hydrogens is 421 g/mol. The Kier molecular flexibility index (Phi) is 6.81. The fraction of sp³-hybridized carbons (Fsp3) is 0.182. The zero-order chi connectivity index (χ0) is 22.5. The third-order valence-corrected chi connectivity index (χ3v) is 4.82. The maximum absolute atomic E-state index is 13.2. The summed E-state index contributed by atoms with van der Waals surface area (Å²) >= 11 is 6.41. The van der Waals surface area contributed by atoms with Crippen LogP contribution in [0.2, 0.25) is 5.15 Å². The molecule has 3 aromatic rings. The van der Waals surface area contributed by atoms with E-state index in [9.17, 15) is 14.0 Å². The molecule has 0 unspecified atom stereocenters. The normalized spacial score (nSPS) is 11.0. The first kappa shape index (κ1) is 22.2. The molecule has 0 saturated heterocycles. The number of rotatable bonds is 6. The van der Waals surface area contributed by atoms with Gasteiger partial charge in [-0.1, -0.05) is 11.6 Å². The lowest BCUT2D eigenvalue weighted by molar-refractivity contribution is -0.129. The van der Waals surface area contributed by atoms with E-state index in [2.05, 4.69) is 15.4 Å². The minimum atomic E-state index is -0.377. The number of pyridine rings is 1. The second-order valence-corrected chi connectivity index (χ2v) is 7.33. The van der Waals surface area contributed by atoms with Crippen molar-refractivity contribution in [2.24, 2.45) is 0 Å². The Morgan fingerprint density at radius 1 is 1.23 bits per heavy atom. The second kappa shape index (κ2) is 9.53. The zero-order valence-corrected chi connectivity index (χ0v) is 18.0. The van der Waals surface area contributed by atoms with E-state index in [0.29, 0.717) is 27.9 Å². The zero-order valence-electron chi connectivity index (χ0n) is 17.3. The fourth-order valence-corrected chi connectivity index (χ4v) is 3.15. The Labute approximate surface area is 184 Å². The van der Waals surface area contributed by atoms with Crippen LogP contribution in [0.5, 0.6) is 0 Å². The molecule has 1 N–H and O–H groups in total. The number of aromatic nitrogens is 3. The van der Waals surface area contributed by atoms with Gasteiger partial charge < -0.3 is 10.2 Å². The summed E-state index contributed by atoms with van der Waals surface area (Å²) in [6, 6.07) is 9.30. The molecule has 0 saturated carbocycles. The van der Waals surface area contributed by atoms with E-state index in [4.69, 9.17) is 11.6 Å². The maximum atomic E-state index is 13.2. The Morgan fingerprint density at radius 3 is 2.61 bits per heavy atom. The van der Waals surface area contributed by atoms with Gasteiger partial charge in [-0.25, -0.2) is 14.1 Å². The molecule has 31 heavy (non-hydrogen) atoms. The Hall–Kier alpha value is -3.52. The average Bonchev–Trinajstić information content (AvgIpc) is 3.00. The van der Waals surface area contributed by atoms with Crippen LogP contribution in [0, 0.1) is 19.7 Å². The van der Waals surface area contributed by atoms with E-state index in [1.54, 1.807) is 37.4 Å². The highest BCUT2D eigenvalue weighted by Crippen LogP contribution is 2.25. The van der Waals surface area contributed by atoms with Crippen molar-refractivity contribution in [3.8, 4) is 5.69 Å². The van der Waals surface area contributed by atoms with Gasteiger partial charge in [-0.3, -0.25) is 9.59 Å². The number of amides is 2. The van der Waals surface area contributed by atoms with E-state index in [-0.39, 0.29) is 24.2 Å². The molecule has 0 aliphatic carbocycles. The number of nitrogens with one attached hydrogen (secondary N) is 1. The molecule has 0 spiro atoms. The van der Waals surface area contributed by atoms with E-state index < -0.39 is 0 Å². The highest BCUT2D eigenvalue weighted by molar-refractivity contribution is 6.31. The van der Waals surface area contributed by atoms with Crippen LogP contribution >= 0.6 is 11.6 Å². The predicted molar refractivity (Wildman–Crippen MR) is 118 cm³/mol. The number of carbonyl (C=O) groups is 2. The van der Waals surface area contributed by atoms with E-state index >= 15 is 0 Å². The standard InChI is InChI=1S/C22H21ClFN5O2/c1-14-10-11-25-19(12-14)26-20(30)13-28(3)21(31)9-8-18-15(2)27-29(22(18)23)17-6-4-16(24)5-7-17/h4-12H,13H2,1-3H3,(H,25,26,30)/b9-8+. The number of aryl methyl sites for hydroxylation is 2. The Bertz CT molecular complexity index is 1140. The van der Waals surface area contributed by atoms with Gasteiger partial charge in [-0.15, -0.1) is 0 Å². The van der Waals surface area contributed by atoms with Gasteiger partial charge in [0.05, 0.1) is 17.9 Å². The van der Waals surface area contributed by atoms with Gasteiger partial charge >= 0.3 is 0 Å². The number of anilines is 1. The molecule has 0 atom stereocenters. The Morgan fingerprint density at radius 2 is 1.94 bits per heavy atom. The van der Waals surface area contributed by atoms with Gasteiger partial charge in [-0.05, 0) is 61.9 Å². The van der Waals surface area contributed by atoms with Crippen molar-refractivity contribution in [1.29, 1.82) is 0 Å². The predicted octanol–water partition coefficient (Wildman–Crippen LogP) is 3.79. The quantitative estimate of drug-likeness (QED) is 0.590. The van der Waals surface area contributed by atoms with Crippen molar-refractivity contribution in [2.45, 2.75) is 13.8 Å².